The van der Waals surface area contributed by atoms with Crippen LogP contribution in [0.15, 0.2) is 24.4 Å². The number of nitrogens with zero attached hydrogens (tertiary/aromatic N) is 1. The summed E-state index contributed by atoms with van der Waals surface area (Å²) in [5.74, 6) is 0.603. The topological polar surface area (TPSA) is 45.0 Å². The van der Waals surface area contributed by atoms with Gasteiger partial charge in [-0.25, -0.2) is 0 Å². The number of aromatic amines is 1. The van der Waals surface area contributed by atoms with Gasteiger partial charge in [-0.15, -0.1) is 0 Å². The Morgan fingerprint density at radius 2 is 2.28 bits per heavy atom. The summed E-state index contributed by atoms with van der Waals surface area (Å²) in [7, 11) is 2.22. The summed E-state index contributed by atoms with van der Waals surface area (Å²) in [6.07, 6.45) is 4.47. The molecule has 1 aliphatic heterocycles. The number of fused-ring (bicyclic) bond motifs is 2. The summed E-state index contributed by atoms with van der Waals surface area (Å²) in [6.45, 7) is 1.02. The highest BCUT2D eigenvalue weighted by Crippen LogP contribution is 2.42. The molecule has 3 heteroatoms. The number of nitrogens with two attached hydrogens (primary N) is 1. The fourth-order valence-electron chi connectivity index (χ4n) is 3.98. The van der Waals surface area contributed by atoms with E-state index in [4.69, 9.17) is 5.73 Å². The van der Waals surface area contributed by atoms with E-state index in [2.05, 4.69) is 41.3 Å². The number of H-pyrrole nitrogens is 1. The predicted octanol–water partition coefficient (Wildman–Crippen LogP) is 1.84. The smallest absolute Gasteiger partial charge is 0.0459 e. The average Bonchev–Trinajstić information content (AvgIpc) is 2.76. The highest BCUT2D eigenvalue weighted by atomic mass is 15.2. The molecule has 94 valence electrons. The molecule has 3 atom stereocenters. The lowest BCUT2D eigenvalue weighted by atomic mass is 9.74. The molecule has 2 aliphatic rings. The van der Waals surface area contributed by atoms with Crippen molar-refractivity contribution in [3.05, 3.63) is 35.5 Å². The summed E-state index contributed by atoms with van der Waals surface area (Å²) in [4.78, 5) is 5.86. The predicted molar refractivity (Wildman–Crippen MR) is 73.8 cm³/mol. The summed E-state index contributed by atoms with van der Waals surface area (Å²) >= 11 is 0. The van der Waals surface area contributed by atoms with Crippen LogP contribution in [0.1, 0.15) is 23.5 Å². The minimum Gasteiger partial charge on any atom is -0.361 e. The van der Waals surface area contributed by atoms with Crippen molar-refractivity contribution in [2.24, 2.45) is 5.73 Å². The Balaban J connectivity index is 1.92. The van der Waals surface area contributed by atoms with Gasteiger partial charge in [0, 0.05) is 41.6 Å². The molecular weight excluding hydrogens is 222 g/mol. The van der Waals surface area contributed by atoms with Crippen molar-refractivity contribution in [2.75, 3.05) is 13.6 Å². The number of nitrogens with one attached hydrogen (secondary N) is 1. The molecule has 18 heavy (non-hydrogen) atoms. The Morgan fingerprint density at radius 3 is 3.17 bits per heavy atom. The number of benzene rings is 1. The first-order chi connectivity index (χ1) is 8.74. The van der Waals surface area contributed by atoms with Gasteiger partial charge in [0.15, 0.2) is 0 Å². The van der Waals surface area contributed by atoms with Crippen LogP contribution in [0.4, 0.5) is 0 Å². The van der Waals surface area contributed by atoms with E-state index in [0.717, 1.165) is 19.4 Å². The second-order valence-electron chi connectivity index (χ2n) is 5.90. The van der Waals surface area contributed by atoms with E-state index < -0.39 is 0 Å². The number of hydrogen-bond donors (Lipinski definition) is 2. The van der Waals surface area contributed by atoms with E-state index in [1.165, 1.54) is 22.0 Å². The maximum atomic E-state index is 6.21. The number of hydrogen-bond acceptors (Lipinski definition) is 2. The van der Waals surface area contributed by atoms with Gasteiger partial charge in [-0.3, -0.25) is 0 Å². The van der Waals surface area contributed by atoms with Gasteiger partial charge in [0.25, 0.3) is 0 Å². The third-order valence-corrected chi connectivity index (χ3v) is 4.76. The van der Waals surface area contributed by atoms with Crippen molar-refractivity contribution in [3.8, 4) is 0 Å². The Morgan fingerprint density at radius 1 is 1.39 bits per heavy atom. The van der Waals surface area contributed by atoms with E-state index in [1.807, 2.05) is 0 Å². The number of piperidine rings is 1. The van der Waals surface area contributed by atoms with Gasteiger partial charge in [0.2, 0.25) is 0 Å². The molecule has 0 radical (unpaired) electrons. The Bertz CT molecular complexity index is 601. The SMILES string of the molecule is CN1C[C@H](N)CC2c3cccc4[nH]cc(c34)C[C@H]21. The second kappa shape index (κ2) is 3.59. The molecular formula is C15H19N3. The molecule has 2 aromatic rings. The van der Waals surface area contributed by atoms with Gasteiger partial charge in [0.05, 0.1) is 0 Å². The lowest BCUT2D eigenvalue weighted by Crippen LogP contribution is -2.52. The number of aromatic nitrogens is 1. The molecule has 1 aliphatic carbocycles. The number of likely N-dealkylation sites (tertiary alicyclic amines) is 1. The summed E-state index contributed by atoms with van der Waals surface area (Å²) in [5.41, 5.74) is 10.5. The largest absolute Gasteiger partial charge is 0.361 e. The highest BCUT2D eigenvalue weighted by Gasteiger charge is 2.38. The zero-order valence-electron chi connectivity index (χ0n) is 10.7. The maximum absolute atomic E-state index is 6.21. The maximum Gasteiger partial charge on any atom is 0.0459 e. The summed E-state index contributed by atoms with van der Waals surface area (Å²) < 4.78 is 0. The van der Waals surface area contributed by atoms with E-state index in [9.17, 15) is 0 Å². The molecule has 0 bridgehead atoms. The van der Waals surface area contributed by atoms with Gasteiger partial charge in [-0.1, -0.05) is 12.1 Å². The van der Waals surface area contributed by atoms with Gasteiger partial charge in [0.1, 0.15) is 0 Å². The second-order valence-corrected chi connectivity index (χ2v) is 5.90. The van der Waals surface area contributed by atoms with Crippen LogP contribution in [0, 0.1) is 0 Å². The fourth-order valence-corrected chi connectivity index (χ4v) is 3.98. The fraction of sp³-hybridized carbons (Fsp3) is 0.467. The molecule has 2 heterocycles. The van der Waals surface area contributed by atoms with Crippen molar-refractivity contribution in [1.29, 1.82) is 0 Å². The highest BCUT2D eigenvalue weighted by molar-refractivity contribution is 5.88. The minimum absolute atomic E-state index is 0.312. The van der Waals surface area contributed by atoms with Gasteiger partial charge in [-0.2, -0.15) is 0 Å². The molecule has 0 amide bonds. The third-order valence-electron chi connectivity index (χ3n) is 4.76. The van der Waals surface area contributed by atoms with E-state index in [-0.39, 0.29) is 0 Å². The lowest BCUT2D eigenvalue weighted by molar-refractivity contribution is 0.141. The monoisotopic (exact) mass is 241 g/mol. The summed E-state index contributed by atoms with van der Waals surface area (Å²) in [6, 6.07) is 7.57. The Kier molecular flexibility index (Phi) is 2.11. The van der Waals surface area contributed by atoms with Crippen molar-refractivity contribution in [2.45, 2.75) is 30.8 Å². The molecule has 0 saturated carbocycles. The van der Waals surface area contributed by atoms with Gasteiger partial charge in [-0.05, 0) is 37.1 Å². The van der Waals surface area contributed by atoms with Gasteiger partial charge >= 0.3 is 0 Å². The minimum atomic E-state index is 0.312. The van der Waals surface area contributed by atoms with Crippen LogP contribution in [-0.4, -0.2) is 35.6 Å². The molecule has 1 aromatic heterocycles. The first kappa shape index (κ1) is 10.6. The average molecular weight is 241 g/mol. The zero-order valence-corrected chi connectivity index (χ0v) is 10.7. The first-order valence-electron chi connectivity index (χ1n) is 6.78. The van der Waals surface area contributed by atoms with Crippen LogP contribution in [0.5, 0.6) is 0 Å². The van der Waals surface area contributed by atoms with E-state index in [1.54, 1.807) is 0 Å². The normalized spacial score (nSPS) is 31.6. The quantitative estimate of drug-likeness (QED) is 0.739. The molecule has 0 spiro atoms. The van der Waals surface area contributed by atoms with Crippen LogP contribution in [0.2, 0.25) is 0 Å². The van der Waals surface area contributed by atoms with Crippen LogP contribution in [-0.2, 0) is 6.42 Å². The molecule has 1 unspecified atom stereocenters. The lowest BCUT2D eigenvalue weighted by Gasteiger charge is -2.44. The van der Waals surface area contributed by atoms with Crippen LogP contribution >= 0.6 is 0 Å². The van der Waals surface area contributed by atoms with E-state index in [0.29, 0.717) is 18.0 Å². The first-order valence-corrected chi connectivity index (χ1v) is 6.78. The van der Waals surface area contributed by atoms with Crippen molar-refractivity contribution in [3.63, 3.8) is 0 Å². The van der Waals surface area contributed by atoms with Crippen LogP contribution in [0.25, 0.3) is 10.9 Å². The van der Waals surface area contributed by atoms with Gasteiger partial charge < -0.3 is 15.6 Å². The zero-order chi connectivity index (χ0) is 12.3. The Labute approximate surface area is 107 Å². The standard InChI is InChI=1S/C15H19N3/c1-18-8-10(16)6-12-11-3-2-4-13-15(11)9(7-17-13)5-14(12)18/h2-4,7,10,12,14,17H,5-6,8,16H2,1H3/t10-,12?,14-/m1/s1. The summed E-state index contributed by atoms with van der Waals surface area (Å²) in [5, 5.41) is 1.46. The third kappa shape index (κ3) is 1.32. The van der Waals surface area contributed by atoms with Crippen molar-refractivity contribution in [1.82, 2.24) is 9.88 Å². The molecule has 1 saturated heterocycles. The number of rotatable bonds is 0. The Hall–Kier alpha value is -1.32. The van der Waals surface area contributed by atoms with E-state index >= 15 is 0 Å². The molecule has 1 aromatic carbocycles. The van der Waals surface area contributed by atoms with Crippen LogP contribution in [0.3, 0.4) is 0 Å². The molecule has 1 fully saturated rings. The molecule has 4 rings (SSSR count). The van der Waals surface area contributed by atoms with Crippen molar-refractivity contribution >= 4 is 10.9 Å². The van der Waals surface area contributed by atoms with Crippen molar-refractivity contribution < 1.29 is 0 Å². The van der Waals surface area contributed by atoms with Crippen LogP contribution < -0.4 is 5.73 Å². The number of likely N-dealkylation sites (N-methyl/N-ethyl adjacent to an activating group) is 1. The molecule has 3 nitrogen and oxygen atoms in total. The molecule has 3 N–H and O–H groups in total.